The molecular weight excluding hydrogens is 298 g/mol. The number of rotatable bonds is 3. The third kappa shape index (κ3) is 4.14. The number of piperidine rings is 1. The van der Waals surface area contributed by atoms with Crippen molar-refractivity contribution in [3.8, 4) is 0 Å². The maximum atomic E-state index is 13.6. The molecule has 1 aliphatic rings. The fourth-order valence-electron chi connectivity index (χ4n) is 2.77. The summed E-state index contributed by atoms with van der Waals surface area (Å²) in [4.78, 5) is 14.0. The van der Waals surface area contributed by atoms with Crippen molar-refractivity contribution in [3.05, 3.63) is 35.4 Å². The molecular formula is C15H21ClF2N2O. The van der Waals surface area contributed by atoms with Crippen molar-refractivity contribution < 1.29 is 13.6 Å². The minimum atomic E-state index is -0.673. The summed E-state index contributed by atoms with van der Waals surface area (Å²) >= 11 is 0. The molecule has 0 bridgehead atoms. The van der Waals surface area contributed by atoms with E-state index in [9.17, 15) is 13.6 Å². The molecule has 1 aromatic rings. The number of nitrogens with zero attached hydrogens (tertiary/aromatic N) is 1. The normalized spacial score (nSPS) is 19.8. The molecule has 6 heteroatoms. The van der Waals surface area contributed by atoms with Crippen LogP contribution < -0.4 is 5.73 Å². The number of hydrogen-bond acceptors (Lipinski definition) is 2. The molecule has 2 atom stereocenters. The van der Waals surface area contributed by atoms with Gasteiger partial charge in [0.15, 0.2) is 0 Å². The van der Waals surface area contributed by atoms with Gasteiger partial charge in [0, 0.05) is 24.2 Å². The van der Waals surface area contributed by atoms with Gasteiger partial charge in [-0.25, -0.2) is 8.78 Å². The van der Waals surface area contributed by atoms with Crippen molar-refractivity contribution in [3.63, 3.8) is 0 Å². The van der Waals surface area contributed by atoms with Crippen molar-refractivity contribution >= 4 is 18.3 Å². The van der Waals surface area contributed by atoms with Crippen LogP contribution in [0.2, 0.25) is 0 Å². The Morgan fingerprint density at radius 1 is 1.38 bits per heavy atom. The van der Waals surface area contributed by atoms with Gasteiger partial charge in [0.1, 0.15) is 11.6 Å². The van der Waals surface area contributed by atoms with E-state index < -0.39 is 11.6 Å². The molecule has 1 aromatic carbocycles. The molecule has 0 radical (unpaired) electrons. The Morgan fingerprint density at radius 2 is 2.00 bits per heavy atom. The van der Waals surface area contributed by atoms with Gasteiger partial charge in [-0.15, -0.1) is 12.4 Å². The van der Waals surface area contributed by atoms with E-state index in [2.05, 4.69) is 0 Å². The van der Waals surface area contributed by atoms with Gasteiger partial charge in [0.25, 0.3) is 0 Å². The monoisotopic (exact) mass is 318 g/mol. The van der Waals surface area contributed by atoms with Crippen LogP contribution in [0, 0.1) is 11.6 Å². The van der Waals surface area contributed by atoms with Crippen molar-refractivity contribution in [2.45, 2.75) is 44.7 Å². The summed E-state index contributed by atoms with van der Waals surface area (Å²) < 4.78 is 27.2. The van der Waals surface area contributed by atoms with Crippen LogP contribution in [0.15, 0.2) is 18.2 Å². The Hall–Kier alpha value is -1.20. The van der Waals surface area contributed by atoms with Crippen molar-refractivity contribution in [2.24, 2.45) is 5.73 Å². The molecule has 21 heavy (non-hydrogen) atoms. The van der Waals surface area contributed by atoms with Crippen molar-refractivity contribution in [1.29, 1.82) is 0 Å². The molecule has 0 aliphatic carbocycles. The molecule has 0 aromatic heterocycles. The van der Waals surface area contributed by atoms with Crippen LogP contribution in [0.1, 0.15) is 31.7 Å². The van der Waals surface area contributed by atoms with Gasteiger partial charge in [-0.2, -0.15) is 0 Å². The minimum Gasteiger partial charge on any atom is -0.338 e. The molecule has 1 heterocycles. The number of benzene rings is 1. The Bertz CT molecular complexity index is 476. The van der Waals surface area contributed by atoms with E-state index in [-0.39, 0.29) is 42.4 Å². The van der Waals surface area contributed by atoms with Gasteiger partial charge in [-0.3, -0.25) is 4.79 Å². The van der Waals surface area contributed by atoms with Crippen LogP contribution in [0.3, 0.4) is 0 Å². The Morgan fingerprint density at radius 3 is 2.57 bits per heavy atom. The number of amides is 1. The van der Waals surface area contributed by atoms with Gasteiger partial charge in [0.05, 0.1) is 6.42 Å². The van der Waals surface area contributed by atoms with Gasteiger partial charge < -0.3 is 10.6 Å². The maximum absolute atomic E-state index is 13.6. The number of halogens is 3. The summed E-state index contributed by atoms with van der Waals surface area (Å²) in [6, 6.07) is 3.47. The number of hydrogen-bond donors (Lipinski definition) is 1. The first-order valence-electron chi connectivity index (χ1n) is 6.98. The first-order valence-corrected chi connectivity index (χ1v) is 6.98. The lowest BCUT2D eigenvalue weighted by molar-refractivity contribution is -0.134. The average Bonchev–Trinajstić information content (AvgIpc) is 2.43. The van der Waals surface area contributed by atoms with Crippen LogP contribution in [0.4, 0.5) is 8.78 Å². The molecule has 2 unspecified atom stereocenters. The van der Waals surface area contributed by atoms with E-state index in [1.165, 1.54) is 18.2 Å². The summed E-state index contributed by atoms with van der Waals surface area (Å²) in [6.07, 6.45) is 2.55. The highest BCUT2D eigenvalue weighted by Gasteiger charge is 2.29. The maximum Gasteiger partial charge on any atom is 0.227 e. The molecule has 1 fully saturated rings. The summed E-state index contributed by atoms with van der Waals surface area (Å²) in [5, 5.41) is 0. The highest BCUT2D eigenvalue weighted by Crippen LogP contribution is 2.21. The molecule has 3 nitrogen and oxygen atoms in total. The Labute approximate surface area is 129 Å². The lowest BCUT2D eigenvalue weighted by Gasteiger charge is -2.38. The van der Waals surface area contributed by atoms with Crippen LogP contribution in [0.5, 0.6) is 0 Å². The zero-order valence-electron chi connectivity index (χ0n) is 12.0. The van der Waals surface area contributed by atoms with Gasteiger partial charge in [-0.05, 0) is 38.3 Å². The summed E-state index contributed by atoms with van der Waals surface area (Å²) in [6.45, 7) is 2.47. The minimum absolute atomic E-state index is 0. The number of carbonyl (C=O) groups is 1. The quantitative estimate of drug-likeness (QED) is 0.931. The highest BCUT2D eigenvalue weighted by molar-refractivity contribution is 5.85. The van der Waals surface area contributed by atoms with E-state index in [1.807, 2.05) is 6.92 Å². The highest BCUT2D eigenvalue weighted by atomic mass is 35.5. The second-order valence-corrected chi connectivity index (χ2v) is 5.39. The molecule has 0 saturated carbocycles. The Balaban J connectivity index is 0.00000220. The first kappa shape index (κ1) is 17.9. The van der Waals surface area contributed by atoms with Gasteiger partial charge >= 0.3 is 0 Å². The first-order chi connectivity index (χ1) is 9.50. The average molecular weight is 319 g/mol. The lowest BCUT2D eigenvalue weighted by Crippen LogP contribution is -2.52. The second-order valence-electron chi connectivity index (χ2n) is 5.39. The van der Waals surface area contributed by atoms with E-state index in [1.54, 1.807) is 4.90 Å². The zero-order valence-corrected chi connectivity index (χ0v) is 12.8. The lowest BCUT2D eigenvalue weighted by atomic mass is 9.96. The standard InChI is InChI=1S/C15H20F2N2O.ClH/c1-10(18)14-7-2-3-8-19(14)15(20)9-11-12(16)5-4-6-13(11)17;/h4-6,10,14H,2-3,7-9,18H2,1H3;1H. The molecule has 1 amide bonds. The topological polar surface area (TPSA) is 46.3 Å². The van der Waals surface area contributed by atoms with Crippen LogP contribution in [-0.2, 0) is 11.2 Å². The number of carbonyl (C=O) groups excluding carboxylic acids is 1. The summed E-state index contributed by atoms with van der Waals surface area (Å²) in [7, 11) is 0. The van der Waals surface area contributed by atoms with E-state index in [0.717, 1.165) is 19.3 Å². The molecule has 1 saturated heterocycles. The van der Waals surface area contributed by atoms with E-state index >= 15 is 0 Å². The predicted molar refractivity (Wildman–Crippen MR) is 80.3 cm³/mol. The molecule has 2 N–H and O–H groups in total. The fraction of sp³-hybridized carbons (Fsp3) is 0.533. The predicted octanol–water partition coefficient (Wildman–Crippen LogP) is 2.66. The van der Waals surface area contributed by atoms with Gasteiger partial charge in [0.2, 0.25) is 5.91 Å². The molecule has 0 spiro atoms. The number of nitrogens with two attached hydrogens (primary N) is 1. The fourth-order valence-corrected chi connectivity index (χ4v) is 2.77. The second kappa shape index (κ2) is 7.71. The van der Waals surface area contributed by atoms with Crippen LogP contribution in [-0.4, -0.2) is 29.4 Å². The van der Waals surface area contributed by atoms with Gasteiger partial charge in [-0.1, -0.05) is 6.07 Å². The molecule has 118 valence electrons. The molecule has 2 rings (SSSR count). The molecule has 1 aliphatic heterocycles. The largest absolute Gasteiger partial charge is 0.338 e. The Kier molecular flexibility index (Phi) is 6.55. The van der Waals surface area contributed by atoms with Crippen molar-refractivity contribution in [1.82, 2.24) is 4.90 Å². The third-order valence-electron chi connectivity index (χ3n) is 3.87. The SMILES string of the molecule is CC(N)C1CCCCN1C(=O)Cc1c(F)cccc1F.Cl. The van der Waals surface area contributed by atoms with Crippen molar-refractivity contribution in [2.75, 3.05) is 6.54 Å². The third-order valence-corrected chi connectivity index (χ3v) is 3.87. The smallest absolute Gasteiger partial charge is 0.227 e. The zero-order chi connectivity index (χ0) is 14.7. The van der Waals surface area contributed by atoms with E-state index in [4.69, 9.17) is 5.73 Å². The van der Waals surface area contributed by atoms with Crippen LogP contribution in [0.25, 0.3) is 0 Å². The summed E-state index contributed by atoms with van der Waals surface area (Å²) in [5.41, 5.74) is 5.75. The summed E-state index contributed by atoms with van der Waals surface area (Å²) in [5.74, 6) is -1.60. The number of likely N-dealkylation sites (tertiary alicyclic amines) is 1. The van der Waals surface area contributed by atoms with Crippen LogP contribution >= 0.6 is 12.4 Å². The van der Waals surface area contributed by atoms with E-state index in [0.29, 0.717) is 6.54 Å².